The van der Waals surface area contributed by atoms with Crippen molar-refractivity contribution in [2.24, 2.45) is 7.05 Å². The van der Waals surface area contributed by atoms with Gasteiger partial charge in [0.1, 0.15) is 18.0 Å². The van der Waals surface area contributed by atoms with Gasteiger partial charge in [-0.05, 0) is 20.8 Å². The lowest BCUT2D eigenvalue weighted by molar-refractivity contribution is -0.670. The van der Waals surface area contributed by atoms with E-state index in [4.69, 9.17) is 4.74 Å². The normalized spacial score (nSPS) is 11.4. The molecule has 1 aromatic rings. The number of aryl methyl sites for hydroxylation is 1. The number of carbonyl (C=O) groups is 1. The molecule has 1 heterocycles. The zero-order valence-corrected chi connectivity index (χ0v) is 8.44. The minimum atomic E-state index is -0.445. The van der Waals surface area contributed by atoms with Crippen molar-refractivity contribution in [2.75, 3.05) is 0 Å². The third-order valence-corrected chi connectivity index (χ3v) is 1.37. The lowest BCUT2D eigenvalue weighted by atomic mass is 10.2. The Balaban J connectivity index is 2.70. The Morgan fingerprint density at radius 2 is 2.08 bits per heavy atom. The van der Waals surface area contributed by atoms with Gasteiger partial charge in [0.2, 0.25) is 0 Å². The number of rotatable bonds is 0. The molecule has 0 N–H and O–H groups in total. The number of hydrogen-bond donors (Lipinski definition) is 0. The van der Waals surface area contributed by atoms with Crippen molar-refractivity contribution in [3.63, 3.8) is 0 Å². The van der Waals surface area contributed by atoms with Crippen LogP contribution in [0.1, 0.15) is 20.8 Å². The maximum absolute atomic E-state index is 11.4. The third-order valence-electron chi connectivity index (χ3n) is 1.37. The van der Waals surface area contributed by atoms with Crippen LogP contribution in [0.15, 0.2) is 18.7 Å². The van der Waals surface area contributed by atoms with Crippen molar-refractivity contribution >= 4 is 6.09 Å². The molecule has 0 aromatic carbocycles. The molecule has 0 spiro atoms. The quantitative estimate of drug-likeness (QED) is 0.564. The average molecular weight is 183 g/mol. The summed E-state index contributed by atoms with van der Waals surface area (Å²) in [6.07, 6.45) is 4.75. The summed E-state index contributed by atoms with van der Waals surface area (Å²) in [4.78, 5) is 11.4. The van der Waals surface area contributed by atoms with Gasteiger partial charge in [-0.15, -0.1) is 4.57 Å². The molecule has 4 nitrogen and oxygen atoms in total. The molecule has 1 rings (SSSR count). The molecular weight excluding hydrogens is 168 g/mol. The van der Waals surface area contributed by atoms with Crippen LogP contribution in [0.25, 0.3) is 0 Å². The van der Waals surface area contributed by atoms with Gasteiger partial charge in [-0.3, -0.25) is 0 Å². The van der Waals surface area contributed by atoms with Crippen LogP contribution >= 0.6 is 0 Å². The zero-order chi connectivity index (χ0) is 10.1. The second-order valence-corrected chi connectivity index (χ2v) is 3.97. The predicted molar refractivity (Wildman–Crippen MR) is 47.2 cm³/mol. The minimum Gasteiger partial charge on any atom is -0.425 e. The van der Waals surface area contributed by atoms with Gasteiger partial charge in [0.15, 0.2) is 0 Å². The van der Waals surface area contributed by atoms with E-state index in [1.807, 2.05) is 27.8 Å². The topological polar surface area (TPSA) is 35.1 Å². The predicted octanol–water partition coefficient (Wildman–Crippen LogP) is 1.10. The fourth-order valence-electron chi connectivity index (χ4n) is 0.873. The monoisotopic (exact) mass is 183 g/mol. The first-order valence-corrected chi connectivity index (χ1v) is 4.15. The summed E-state index contributed by atoms with van der Waals surface area (Å²) < 4.78 is 8.34. The van der Waals surface area contributed by atoms with E-state index in [9.17, 15) is 4.79 Å². The van der Waals surface area contributed by atoms with E-state index in [2.05, 4.69) is 0 Å². The SMILES string of the molecule is C[n+]1ccn(C(=O)OC(C)(C)C)c1. The maximum atomic E-state index is 11.4. The van der Waals surface area contributed by atoms with Crippen molar-refractivity contribution in [3.05, 3.63) is 18.7 Å². The number of carbonyl (C=O) groups excluding carboxylic acids is 1. The molecule has 0 saturated heterocycles. The molecule has 0 aliphatic rings. The summed E-state index contributed by atoms with van der Waals surface area (Å²) >= 11 is 0. The summed E-state index contributed by atoms with van der Waals surface area (Å²) in [5, 5.41) is 0. The number of aromatic nitrogens is 2. The number of imidazole rings is 1. The van der Waals surface area contributed by atoms with E-state index in [0.717, 1.165) is 0 Å². The van der Waals surface area contributed by atoms with Gasteiger partial charge in [-0.2, -0.15) is 4.79 Å². The van der Waals surface area contributed by atoms with Crippen molar-refractivity contribution < 1.29 is 14.1 Å². The average Bonchev–Trinajstić information content (AvgIpc) is 2.31. The Kier molecular flexibility index (Phi) is 2.40. The van der Waals surface area contributed by atoms with Crippen molar-refractivity contribution in [2.45, 2.75) is 26.4 Å². The zero-order valence-electron chi connectivity index (χ0n) is 8.44. The summed E-state index contributed by atoms with van der Waals surface area (Å²) in [7, 11) is 1.85. The summed E-state index contributed by atoms with van der Waals surface area (Å²) in [6, 6.07) is 0. The van der Waals surface area contributed by atoms with Crippen molar-refractivity contribution in [3.8, 4) is 0 Å². The first-order chi connectivity index (χ1) is 5.88. The van der Waals surface area contributed by atoms with Crippen LogP contribution < -0.4 is 4.57 Å². The molecule has 1 aromatic heterocycles. The van der Waals surface area contributed by atoms with Crippen LogP contribution in [-0.4, -0.2) is 16.3 Å². The molecule has 0 aliphatic carbocycles. The van der Waals surface area contributed by atoms with Gasteiger partial charge in [0.05, 0.1) is 7.05 Å². The second-order valence-electron chi connectivity index (χ2n) is 3.97. The molecule has 0 saturated carbocycles. The largest absolute Gasteiger partial charge is 0.512 e. The van der Waals surface area contributed by atoms with E-state index >= 15 is 0 Å². The van der Waals surface area contributed by atoms with E-state index in [1.54, 1.807) is 23.3 Å². The Hall–Kier alpha value is -1.32. The highest BCUT2D eigenvalue weighted by atomic mass is 16.6. The van der Waals surface area contributed by atoms with Gasteiger partial charge in [0, 0.05) is 0 Å². The Morgan fingerprint density at radius 1 is 1.46 bits per heavy atom. The summed E-state index contributed by atoms with van der Waals surface area (Å²) in [5.41, 5.74) is -0.445. The van der Waals surface area contributed by atoms with Gasteiger partial charge in [0.25, 0.3) is 6.33 Å². The van der Waals surface area contributed by atoms with Gasteiger partial charge in [-0.25, -0.2) is 4.57 Å². The standard InChI is InChI=1S/C9H15N2O2/c1-9(2,3)13-8(12)11-6-5-10(4)7-11/h5-7H,1-4H3/q+1. The van der Waals surface area contributed by atoms with E-state index in [1.165, 1.54) is 4.57 Å². The third kappa shape index (κ3) is 2.89. The fraction of sp³-hybridized carbons (Fsp3) is 0.556. The molecule has 4 heteroatoms. The molecule has 72 valence electrons. The van der Waals surface area contributed by atoms with Crippen LogP contribution in [0, 0.1) is 0 Å². The second kappa shape index (κ2) is 3.20. The molecule has 0 radical (unpaired) electrons. The molecule has 13 heavy (non-hydrogen) atoms. The molecular formula is C9H15N2O2+. The summed E-state index contributed by atoms with van der Waals surface area (Å²) in [6.45, 7) is 5.52. The van der Waals surface area contributed by atoms with Crippen LogP contribution in [0.4, 0.5) is 4.79 Å². The minimum absolute atomic E-state index is 0.354. The lowest BCUT2D eigenvalue weighted by Crippen LogP contribution is -2.29. The highest BCUT2D eigenvalue weighted by Gasteiger charge is 2.21. The highest BCUT2D eigenvalue weighted by molar-refractivity contribution is 5.70. The number of nitrogens with zero attached hydrogens (tertiary/aromatic N) is 2. The molecule has 0 aliphatic heterocycles. The Labute approximate surface area is 77.7 Å². The van der Waals surface area contributed by atoms with Gasteiger partial charge in [-0.1, -0.05) is 0 Å². The first kappa shape index (κ1) is 9.77. The van der Waals surface area contributed by atoms with Crippen LogP contribution in [0.5, 0.6) is 0 Å². The molecule has 0 unspecified atom stereocenters. The van der Waals surface area contributed by atoms with Gasteiger partial charge >= 0.3 is 6.09 Å². The fourth-order valence-corrected chi connectivity index (χ4v) is 0.873. The smallest absolute Gasteiger partial charge is 0.425 e. The van der Waals surface area contributed by atoms with Crippen LogP contribution in [0.3, 0.4) is 0 Å². The molecule has 0 amide bonds. The van der Waals surface area contributed by atoms with Crippen LogP contribution in [-0.2, 0) is 11.8 Å². The molecule has 0 bridgehead atoms. The Bertz CT molecular complexity index is 310. The van der Waals surface area contributed by atoms with Crippen molar-refractivity contribution in [1.82, 2.24) is 4.57 Å². The van der Waals surface area contributed by atoms with E-state index in [0.29, 0.717) is 0 Å². The molecule has 0 atom stereocenters. The highest BCUT2D eigenvalue weighted by Crippen LogP contribution is 2.07. The number of hydrogen-bond acceptors (Lipinski definition) is 2. The number of ether oxygens (including phenoxy) is 1. The van der Waals surface area contributed by atoms with Crippen LogP contribution in [0.2, 0.25) is 0 Å². The van der Waals surface area contributed by atoms with Crippen molar-refractivity contribution in [1.29, 1.82) is 0 Å². The van der Waals surface area contributed by atoms with E-state index < -0.39 is 5.60 Å². The summed E-state index contributed by atoms with van der Waals surface area (Å²) in [5.74, 6) is 0. The lowest BCUT2D eigenvalue weighted by Gasteiger charge is -2.16. The molecule has 0 fully saturated rings. The first-order valence-electron chi connectivity index (χ1n) is 4.15. The van der Waals surface area contributed by atoms with Gasteiger partial charge < -0.3 is 4.74 Å². The Morgan fingerprint density at radius 3 is 2.46 bits per heavy atom. The maximum Gasteiger partial charge on any atom is 0.512 e. The van der Waals surface area contributed by atoms with E-state index in [-0.39, 0.29) is 6.09 Å².